The summed E-state index contributed by atoms with van der Waals surface area (Å²) in [4.78, 5) is 0. The fourth-order valence-electron chi connectivity index (χ4n) is 1.45. The van der Waals surface area contributed by atoms with E-state index in [2.05, 4.69) is 12.2 Å². The Labute approximate surface area is 117 Å². The predicted octanol–water partition coefficient (Wildman–Crippen LogP) is -3.15. The van der Waals surface area contributed by atoms with Crippen molar-refractivity contribution in [2.24, 2.45) is 5.73 Å². The van der Waals surface area contributed by atoms with Crippen LogP contribution in [0.1, 0.15) is 14.8 Å². The van der Waals surface area contributed by atoms with Gasteiger partial charge in [0, 0.05) is 34.4 Å². The van der Waals surface area contributed by atoms with Gasteiger partial charge in [0.25, 0.3) is 0 Å². The molecule has 0 aromatic heterocycles. The second-order valence-corrected chi connectivity index (χ2v) is 6.05. The van der Waals surface area contributed by atoms with E-state index in [1.807, 2.05) is 0 Å². The minimum atomic E-state index is -2.55. The molecule has 0 spiro atoms. The molecule has 0 aliphatic rings. The van der Waals surface area contributed by atoms with Crippen LogP contribution in [0.2, 0.25) is 0 Å². The molecule has 0 fully saturated rings. The van der Waals surface area contributed by atoms with Gasteiger partial charge < -0.3 is 25.8 Å². The van der Waals surface area contributed by atoms with Crippen LogP contribution in [0.5, 0.6) is 0 Å². The van der Waals surface area contributed by atoms with E-state index >= 15 is 0 Å². The van der Waals surface area contributed by atoms with Gasteiger partial charge in [0.05, 0.1) is 5.67 Å². The topological polar surface area (TPSA) is 65.7 Å². The van der Waals surface area contributed by atoms with E-state index in [1.54, 1.807) is 21.3 Å². The van der Waals surface area contributed by atoms with Gasteiger partial charge in [-0.1, -0.05) is 6.92 Å². The van der Waals surface area contributed by atoms with Gasteiger partial charge in [0.15, 0.2) is 0 Å². The molecule has 15 heavy (non-hydrogen) atoms. The van der Waals surface area contributed by atoms with Crippen molar-refractivity contribution in [2.45, 2.75) is 19.0 Å². The van der Waals surface area contributed by atoms with Crippen molar-refractivity contribution < 1.29 is 44.3 Å². The van der Waals surface area contributed by atoms with Gasteiger partial charge in [0.2, 0.25) is 0 Å². The Morgan fingerprint density at radius 3 is 2.00 bits per heavy atom. The maximum Gasteiger partial charge on any atom is 1.00 e. The van der Waals surface area contributed by atoms with Gasteiger partial charge >= 0.3 is 38.4 Å². The SMILES string of the molecule is CCC(NCCN)[Si](OC)(OC)OC.[H-].[Na+]. The van der Waals surface area contributed by atoms with E-state index in [9.17, 15) is 0 Å². The summed E-state index contributed by atoms with van der Waals surface area (Å²) in [6.07, 6.45) is 0.891. The monoisotopic (exact) mass is 246 g/mol. The molecule has 3 N–H and O–H groups in total. The van der Waals surface area contributed by atoms with Crippen molar-refractivity contribution in [1.29, 1.82) is 0 Å². The quantitative estimate of drug-likeness (QED) is 0.443. The summed E-state index contributed by atoms with van der Waals surface area (Å²) >= 11 is 0. The van der Waals surface area contributed by atoms with Crippen LogP contribution in [0.25, 0.3) is 0 Å². The third-order valence-electron chi connectivity index (χ3n) is 2.22. The van der Waals surface area contributed by atoms with E-state index in [1.165, 1.54) is 0 Å². The summed E-state index contributed by atoms with van der Waals surface area (Å²) in [5.74, 6) is 0. The predicted molar refractivity (Wildman–Crippen MR) is 59.0 cm³/mol. The summed E-state index contributed by atoms with van der Waals surface area (Å²) in [5.41, 5.74) is 5.53. The molecular formula is C8H23N2NaO3Si. The third kappa shape index (κ3) is 5.25. The third-order valence-corrected chi connectivity index (χ3v) is 5.40. The molecule has 88 valence electrons. The molecular weight excluding hydrogens is 223 g/mol. The van der Waals surface area contributed by atoms with E-state index < -0.39 is 8.80 Å². The first-order valence-electron chi connectivity index (χ1n) is 4.79. The van der Waals surface area contributed by atoms with Crippen molar-refractivity contribution in [3.05, 3.63) is 0 Å². The largest absolute Gasteiger partial charge is 1.00 e. The number of hydrogen-bond acceptors (Lipinski definition) is 5. The van der Waals surface area contributed by atoms with Crippen LogP contribution in [0, 0.1) is 0 Å². The van der Waals surface area contributed by atoms with Gasteiger partial charge in [-0.15, -0.1) is 0 Å². The Morgan fingerprint density at radius 2 is 1.73 bits per heavy atom. The molecule has 1 unspecified atom stereocenters. The molecule has 0 aromatic rings. The van der Waals surface area contributed by atoms with Gasteiger partial charge in [-0.2, -0.15) is 0 Å². The average molecular weight is 246 g/mol. The fourth-order valence-corrected chi connectivity index (χ4v) is 3.70. The minimum absolute atomic E-state index is 0. The van der Waals surface area contributed by atoms with Crippen LogP contribution < -0.4 is 40.6 Å². The zero-order chi connectivity index (χ0) is 11.0. The van der Waals surface area contributed by atoms with E-state index in [-0.39, 0.29) is 36.6 Å². The molecule has 0 bridgehead atoms. The van der Waals surface area contributed by atoms with Crippen LogP contribution in [-0.4, -0.2) is 48.9 Å². The van der Waals surface area contributed by atoms with E-state index in [4.69, 9.17) is 19.0 Å². The standard InChI is InChI=1S/C8H22N2O3Si.Na.H/c1-5-8(10-7-6-9)14(11-2,12-3)13-4;;/h8,10H,5-7,9H2,1-4H3;;/q;+1;-1. The molecule has 5 nitrogen and oxygen atoms in total. The number of hydrogen-bond donors (Lipinski definition) is 2. The van der Waals surface area contributed by atoms with Crippen molar-refractivity contribution in [3.63, 3.8) is 0 Å². The molecule has 0 aliphatic carbocycles. The molecule has 0 aromatic carbocycles. The van der Waals surface area contributed by atoms with Gasteiger partial charge in [-0.25, -0.2) is 0 Å². The van der Waals surface area contributed by atoms with E-state index in [0.717, 1.165) is 13.0 Å². The van der Waals surface area contributed by atoms with Gasteiger partial charge in [-0.05, 0) is 6.42 Å². The van der Waals surface area contributed by atoms with Crippen LogP contribution in [0.15, 0.2) is 0 Å². The van der Waals surface area contributed by atoms with Crippen molar-refractivity contribution in [3.8, 4) is 0 Å². The summed E-state index contributed by atoms with van der Waals surface area (Å²) in [7, 11) is 2.30. The first-order valence-corrected chi connectivity index (χ1v) is 6.59. The fraction of sp³-hybridized carbons (Fsp3) is 1.00. The Hall–Kier alpha value is 1.02. The maximum atomic E-state index is 5.43. The van der Waals surface area contributed by atoms with Crippen LogP contribution in [0.3, 0.4) is 0 Å². The first kappa shape index (κ1) is 18.4. The number of rotatable bonds is 8. The average Bonchev–Trinajstić information content (AvgIpc) is 2.25. The van der Waals surface area contributed by atoms with Gasteiger partial charge in [-0.3, -0.25) is 0 Å². The van der Waals surface area contributed by atoms with Gasteiger partial charge in [0.1, 0.15) is 0 Å². The second kappa shape index (κ2) is 10.2. The number of nitrogens with one attached hydrogen (secondary N) is 1. The maximum absolute atomic E-state index is 5.43. The molecule has 0 rings (SSSR count). The molecule has 7 heteroatoms. The Morgan fingerprint density at radius 1 is 1.27 bits per heavy atom. The Balaban J connectivity index is -0.000000845. The Kier molecular flexibility index (Phi) is 12.5. The van der Waals surface area contributed by atoms with Crippen LogP contribution in [0.4, 0.5) is 0 Å². The zero-order valence-corrected chi connectivity index (χ0v) is 13.5. The van der Waals surface area contributed by atoms with E-state index in [0.29, 0.717) is 6.54 Å². The zero-order valence-electron chi connectivity index (χ0n) is 11.5. The minimum Gasteiger partial charge on any atom is -1.00 e. The Bertz CT molecular complexity index is 147. The molecule has 0 saturated heterocycles. The summed E-state index contributed by atoms with van der Waals surface area (Å²) in [6, 6.07) is 0. The van der Waals surface area contributed by atoms with Crippen LogP contribution in [-0.2, 0) is 13.3 Å². The molecule has 0 saturated carbocycles. The molecule has 0 radical (unpaired) electrons. The van der Waals surface area contributed by atoms with Crippen LogP contribution >= 0.6 is 0 Å². The summed E-state index contributed by atoms with van der Waals surface area (Å²) in [5, 5.41) is 3.27. The normalized spacial score (nSPS) is 13.4. The molecule has 1 atom stereocenters. The van der Waals surface area contributed by atoms with Crippen molar-refractivity contribution >= 4 is 8.80 Å². The molecule has 0 amide bonds. The second-order valence-electron chi connectivity index (χ2n) is 2.92. The molecule has 0 heterocycles. The van der Waals surface area contributed by atoms with Crippen molar-refractivity contribution in [1.82, 2.24) is 5.32 Å². The smallest absolute Gasteiger partial charge is 1.00 e. The number of nitrogens with two attached hydrogens (primary N) is 1. The summed E-state index contributed by atoms with van der Waals surface area (Å²) in [6.45, 7) is 3.40. The molecule has 0 aliphatic heterocycles. The first-order chi connectivity index (χ1) is 6.70. The summed E-state index contributed by atoms with van der Waals surface area (Å²) < 4.78 is 16.1. The van der Waals surface area contributed by atoms with Crippen molar-refractivity contribution in [2.75, 3.05) is 34.4 Å².